The van der Waals surface area contributed by atoms with Crippen LogP contribution < -0.4 is 5.32 Å². The van der Waals surface area contributed by atoms with Crippen molar-refractivity contribution in [1.82, 2.24) is 0 Å². The summed E-state index contributed by atoms with van der Waals surface area (Å²) in [4.78, 5) is 21.2. The van der Waals surface area contributed by atoms with Gasteiger partial charge in [-0.25, -0.2) is 4.79 Å². The van der Waals surface area contributed by atoms with Crippen molar-refractivity contribution < 1.29 is 19.8 Å². The van der Waals surface area contributed by atoms with Crippen LogP contribution in [0.1, 0.15) is 12.0 Å². The van der Waals surface area contributed by atoms with Crippen molar-refractivity contribution in [2.45, 2.75) is 19.4 Å². The number of benzene rings is 1. The summed E-state index contributed by atoms with van der Waals surface area (Å²) >= 11 is 0. The van der Waals surface area contributed by atoms with Gasteiger partial charge in [-0.2, -0.15) is 0 Å². The third-order valence-electron chi connectivity index (χ3n) is 2.07. The van der Waals surface area contributed by atoms with Crippen molar-refractivity contribution >= 4 is 17.6 Å². The highest BCUT2D eigenvalue weighted by Crippen LogP contribution is 2.11. The lowest BCUT2D eigenvalue weighted by Gasteiger charge is -2.13. The molecule has 0 saturated heterocycles. The van der Waals surface area contributed by atoms with Crippen LogP contribution >= 0.6 is 0 Å². The molecule has 86 valence electrons. The van der Waals surface area contributed by atoms with E-state index in [-0.39, 0.29) is 0 Å². The number of aliphatic carboxylic acids is 2. The van der Waals surface area contributed by atoms with Crippen molar-refractivity contribution in [3.63, 3.8) is 0 Å². The zero-order valence-electron chi connectivity index (χ0n) is 8.80. The summed E-state index contributed by atoms with van der Waals surface area (Å²) < 4.78 is 0. The van der Waals surface area contributed by atoms with E-state index < -0.39 is 24.4 Å². The highest BCUT2D eigenvalue weighted by molar-refractivity contribution is 5.83. The van der Waals surface area contributed by atoms with Crippen molar-refractivity contribution in [3.8, 4) is 0 Å². The van der Waals surface area contributed by atoms with E-state index in [1.807, 2.05) is 19.1 Å². The molecule has 3 N–H and O–H groups in total. The van der Waals surface area contributed by atoms with Crippen molar-refractivity contribution in [2.24, 2.45) is 0 Å². The number of carbonyl (C=O) groups is 2. The van der Waals surface area contributed by atoms with Gasteiger partial charge in [0.2, 0.25) is 0 Å². The van der Waals surface area contributed by atoms with Gasteiger partial charge in [0, 0.05) is 5.69 Å². The Morgan fingerprint density at radius 3 is 2.25 bits per heavy atom. The molecule has 0 radical (unpaired) electrons. The largest absolute Gasteiger partial charge is 0.481 e. The highest BCUT2D eigenvalue weighted by atomic mass is 16.4. The van der Waals surface area contributed by atoms with Crippen LogP contribution in [0.25, 0.3) is 0 Å². The second-order valence-corrected chi connectivity index (χ2v) is 3.50. The van der Waals surface area contributed by atoms with Crippen LogP contribution in [-0.2, 0) is 9.59 Å². The molecule has 0 spiro atoms. The van der Waals surface area contributed by atoms with Gasteiger partial charge in [0.15, 0.2) is 0 Å². The first-order valence-corrected chi connectivity index (χ1v) is 4.77. The highest BCUT2D eigenvalue weighted by Gasteiger charge is 2.20. The average molecular weight is 223 g/mol. The van der Waals surface area contributed by atoms with E-state index >= 15 is 0 Å². The number of hydrogen-bond donors (Lipinski definition) is 3. The van der Waals surface area contributed by atoms with Gasteiger partial charge in [-0.15, -0.1) is 0 Å². The summed E-state index contributed by atoms with van der Waals surface area (Å²) in [7, 11) is 0. The summed E-state index contributed by atoms with van der Waals surface area (Å²) in [6, 6.07) is 5.96. The van der Waals surface area contributed by atoms with Gasteiger partial charge in [-0.3, -0.25) is 4.79 Å². The number of rotatable bonds is 5. The van der Waals surface area contributed by atoms with Gasteiger partial charge in [-0.05, 0) is 19.1 Å². The molecule has 0 aromatic heterocycles. The number of anilines is 1. The smallest absolute Gasteiger partial charge is 0.326 e. The number of carboxylic acid groups (broad SMARTS) is 2. The first kappa shape index (κ1) is 12.0. The van der Waals surface area contributed by atoms with Gasteiger partial charge >= 0.3 is 11.9 Å². The Hall–Kier alpha value is -2.04. The fraction of sp³-hybridized carbons (Fsp3) is 0.273. The minimum atomic E-state index is -1.18. The van der Waals surface area contributed by atoms with Gasteiger partial charge < -0.3 is 15.5 Å². The van der Waals surface area contributed by atoms with Crippen LogP contribution in [0, 0.1) is 6.92 Å². The maximum atomic E-state index is 10.8. The summed E-state index contributed by atoms with van der Waals surface area (Å²) in [6.45, 7) is 1.91. The van der Waals surface area contributed by atoms with E-state index in [2.05, 4.69) is 5.32 Å². The molecule has 0 aliphatic rings. The lowest BCUT2D eigenvalue weighted by Crippen LogP contribution is -2.31. The Kier molecular flexibility index (Phi) is 3.88. The van der Waals surface area contributed by atoms with Gasteiger partial charge in [-0.1, -0.05) is 17.7 Å². The minimum absolute atomic E-state index is 0.455. The quantitative estimate of drug-likeness (QED) is 0.701. The molecule has 5 heteroatoms. The van der Waals surface area contributed by atoms with E-state index in [4.69, 9.17) is 10.2 Å². The number of hydrogen-bond acceptors (Lipinski definition) is 3. The average Bonchev–Trinajstić information content (AvgIpc) is 2.19. The van der Waals surface area contributed by atoms with Crippen molar-refractivity contribution in [3.05, 3.63) is 29.8 Å². The zero-order valence-corrected chi connectivity index (χ0v) is 8.80. The normalized spacial score (nSPS) is 11.8. The van der Waals surface area contributed by atoms with E-state index in [9.17, 15) is 9.59 Å². The molecule has 0 fully saturated rings. The predicted octanol–water partition coefficient (Wildman–Crippen LogP) is 1.33. The fourth-order valence-corrected chi connectivity index (χ4v) is 1.23. The second-order valence-electron chi connectivity index (χ2n) is 3.50. The molecule has 0 amide bonds. The van der Waals surface area contributed by atoms with Crippen molar-refractivity contribution in [1.29, 1.82) is 0 Å². The van der Waals surface area contributed by atoms with Crippen LogP contribution in [0.2, 0.25) is 0 Å². The molecule has 5 nitrogen and oxygen atoms in total. The van der Waals surface area contributed by atoms with E-state index in [0.29, 0.717) is 5.69 Å². The van der Waals surface area contributed by atoms with Crippen LogP contribution in [0.5, 0.6) is 0 Å². The topological polar surface area (TPSA) is 86.6 Å². The molecular formula is C11H13NO4. The summed E-state index contributed by atoms with van der Waals surface area (Å²) in [6.07, 6.45) is -0.455. The fourth-order valence-electron chi connectivity index (χ4n) is 1.23. The maximum Gasteiger partial charge on any atom is 0.326 e. The molecule has 1 aromatic rings. The standard InChI is InChI=1S/C11H13NO4/c1-7-2-4-8(5-3-7)12-9(11(15)16)6-10(13)14/h2-5,9,12H,6H2,1H3,(H,13,14)(H,15,16)/t9-/m0/s1. The molecule has 0 unspecified atom stereocenters. The third kappa shape index (κ3) is 3.61. The van der Waals surface area contributed by atoms with Crippen molar-refractivity contribution in [2.75, 3.05) is 5.32 Å². The van der Waals surface area contributed by atoms with Crippen LogP contribution in [0.4, 0.5) is 5.69 Å². The molecular weight excluding hydrogens is 210 g/mol. The summed E-state index contributed by atoms with van der Waals surface area (Å²) in [5, 5.41) is 20.0. The molecule has 16 heavy (non-hydrogen) atoms. The van der Waals surface area contributed by atoms with Gasteiger partial charge in [0.1, 0.15) is 6.04 Å². The first-order valence-electron chi connectivity index (χ1n) is 4.77. The molecule has 0 aliphatic heterocycles. The molecule has 1 atom stereocenters. The number of nitrogens with one attached hydrogen (secondary N) is 1. The Morgan fingerprint density at radius 2 is 1.81 bits per heavy atom. The van der Waals surface area contributed by atoms with E-state index in [0.717, 1.165) is 5.56 Å². The van der Waals surface area contributed by atoms with Gasteiger partial charge in [0.05, 0.1) is 6.42 Å². The molecule has 1 aromatic carbocycles. The Labute approximate surface area is 92.7 Å². The molecule has 0 saturated carbocycles. The van der Waals surface area contributed by atoms with Crippen LogP contribution in [0.15, 0.2) is 24.3 Å². The summed E-state index contributed by atoms with van der Waals surface area (Å²) in [5.41, 5.74) is 1.65. The summed E-state index contributed by atoms with van der Waals surface area (Å²) in [5.74, 6) is -2.32. The lowest BCUT2D eigenvalue weighted by atomic mass is 10.1. The second kappa shape index (κ2) is 5.16. The first-order chi connectivity index (χ1) is 7.49. The minimum Gasteiger partial charge on any atom is -0.481 e. The zero-order chi connectivity index (χ0) is 12.1. The molecule has 1 rings (SSSR count). The predicted molar refractivity (Wildman–Crippen MR) is 58.5 cm³/mol. The molecule has 0 aliphatic carbocycles. The number of carboxylic acids is 2. The SMILES string of the molecule is Cc1ccc(N[C@@H](CC(=O)O)C(=O)O)cc1. The van der Waals surface area contributed by atoms with E-state index in [1.165, 1.54) is 0 Å². The van der Waals surface area contributed by atoms with Crippen LogP contribution in [-0.4, -0.2) is 28.2 Å². The molecule has 0 bridgehead atoms. The lowest BCUT2D eigenvalue weighted by molar-refractivity contribution is -0.144. The maximum absolute atomic E-state index is 10.8. The Bertz CT molecular complexity index is 385. The van der Waals surface area contributed by atoms with E-state index in [1.54, 1.807) is 12.1 Å². The monoisotopic (exact) mass is 223 g/mol. The molecule has 0 heterocycles. The third-order valence-corrected chi connectivity index (χ3v) is 2.07. The van der Waals surface area contributed by atoms with Gasteiger partial charge in [0.25, 0.3) is 0 Å². The van der Waals surface area contributed by atoms with Crippen LogP contribution in [0.3, 0.4) is 0 Å². The number of aryl methyl sites for hydroxylation is 1. The Balaban J connectivity index is 2.71. The Morgan fingerprint density at radius 1 is 1.25 bits per heavy atom.